The molecule has 1 atom stereocenters. The average molecular weight is 256 g/mol. The number of fused-ring (bicyclic) bond motifs is 1. The number of carbonyl (C=O) groups is 1. The van der Waals surface area contributed by atoms with E-state index < -0.39 is 0 Å². The molecule has 2 aromatic rings. The molecule has 1 aliphatic heterocycles. The molecular formula is C14H16N4O. The van der Waals surface area contributed by atoms with Crippen LogP contribution >= 0.6 is 0 Å². The quantitative estimate of drug-likeness (QED) is 0.829. The molecule has 1 amide bonds. The summed E-state index contributed by atoms with van der Waals surface area (Å²) < 4.78 is 0. The number of hydrogen-bond donors (Lipinski definition) is 1. The summed E-state index contributed by atoms with van der Waals surface area (Å²) in [5, 5.41) is 3.32. The second-order valence-electron chi connectivity index (χ2n) is 4.85. The number of nitrogens with one attached hydrogen (secondary N) is 1. The Balaban J connectivity index is 1.88. The van der Waals surface area contributed by atoms with Crippen LogP contribution in [0.4, 0.5) is 0 Å². The SMILES string of the molecule is CC1CN(C(=O)c2cnc3ccccc3n2)CCN1. The monoisotopic (exact) mass is 256 g/mol. The minimum absolute atomic E-state index is 0.0356. The molecule has 1 saturated heterocycles. The number of piperazine rings is 1. The third-order valence-electron chi connectivity index (χ3n) is 3.32. The molecule has 0 bridgehead atoms. The molecule has 5 heteroatoms. The van der Waals surface area contributed by atoms with Gasteiger partial charge in [-0.05, 0) is 19.1 Å². The van der Waals surface area contributed by atoms with Crippen molar-refractivity contribution in [2.24, 2.45) is 0 Å². The molecule has 1 fully saturated rings. The Labute approximate surface area is 111 Å². The Kier molecular flexibility index (Phi) is 3.13. The molecule has 19 heavy (non-hydrogen) atoms. The largest absolute Gasteiger partial charge is 0.334 e. The highest BCUT2D eigenvalue weighted by atomic mass is 16.2. The van der Waals surface area contributed by atoms with E-state index in [0.717, 1.165) is 24.1 Å². The maximum atomic E-state index is 12.4. The van der Waals surface area contributed by atoms with Crippen molar-refractivity contribution >= 4 is 16.9 Å². The topological polar surface area (TPSA) is 58.1 Å². The standard InChI is InChI=1S/C14H16N4O/c1-10-9-18(7-6-15-10)14(19)13-8-16-11-4-2-3-5-12(11)17-13/h2-5,8,10,15H,6-7,9H2,1H3. The normalized spacial score (nSPS) is 19.6. The lowest BCUT2D eigenvalue weighted by molar-refractivity contribution is 0.0703. The van der Waals surface area contributed by atoms with E-state index in [1.165, 1.54) is 0 Å². The summed E-state index contributed by atoms with van der Waals surface area (Å²) in [7, 11) is 0. The van der Waals surface area contributed by atoms with Gasteiger partial charge in [0.25, 0.3) is 5.91 Å². The number of para-hydroxylation sites is 2. The van der Waals surface area contributed by atoms with Crippen molar-refractivity contribution in [2.45, 2.75) is 13.0 Å². The van der Waals surface area contributed by atoms with Gasteiger partial charge in [0.15, 0.2) is 0 Å². The van der Waals surface area contributed by atoms with Crippen molar-refractivity contribution in [1.29, 1.82) is 0 Å². The van der Waals surface area contributed by atoms with Crippen molar-refractivity contribution in [1.82, 2.24) is 20.2 Å². The van der Waals surface area contributed by atoms with Crippen LogP contribution in [-0.4, -0.2) is 46.5 Å². The Hall–Kier alpha value is -2.01. The van der Waals surface area contributed by atoms with Crippen LogP contribution < -0.4 is 5.32 Å². The third-order valence-corrected chi connectivity index (χ3v) is 3.32. The van der Waals surface area contributed by atoms with Gasteiger partial charge in [-0.15, -0.1) is 0 Å². The van der Waals surface area contributed by atoms with Crippen LogP contribution in [0.5, 0.6) is 0 Å². The lowest BCUT2D eigenvalue weighted by Gasteiger charge is -2.31. The molecule has 2 heterocycles. The van der Waals surface area contributed by atoms with E-state index in [4.69, 9.17) is 0 Å². The summed E-state index contributed by atoms with van der Waals surface area (Å²) in [6, 6.07) is 7.91. The second-order valence-corrected chi connectivity index (χ2v) is 4.85. The Morgan fingerprint density at radius 2 is 2.16 bits per heavy atom. The predicted octanol–water partition coefficient (Wildman–Crippen LogP) is 1.06. The van der Waals surface area contributed by atoms with Crippen LogP contribution in [0, 0.1) is 0 Å². The lowest BCUT2D eigenvalue weighted by atomic mass is 10.2. The highest BCUT2D eigenvalue weighted by Gasteiger charge is 2.22. The van der Waals surface area contributed by atoms with Gasteiger partial charge < -0.3 is 10.2 Å². The molecule has 98 valence electrons. The van der Waals surface area contributed by atoms with Crippen molar-refractivity contribution in [3.05, 3.63) is 36.2 Å². The number of nitrogens with zero attached hydrogens (tertiary/aromatic N) is 3. The van der Waals surface area contributed by atoms with Gasteiger partial charge in [-0.3, -0.25) is 9.78 Å². The molecule has 1 aromatic carbocycles. The van der Waals surface area contributed by atoms with E-state index in [0.29, 0.717) is 18.3 Å². The lowest BCUT2D eigenvalue weighted by Crippen LogP contribution is -2.51. The maximum Gasteiger partial charge on any atom is 0.274 e. The molecule has 3 rings (SSSR count). The van der Waals surface area contributed by atoms with Gasteiger partial charge in [0, 0.05) is 25.7 Å². The molecule has 1 unspecified atom stereocenters. The molecular weight excluding hydrogens is 240 g/mol. The highest BCUT2D eigenvalue weighted by molar-refractivity contribution is 5.93. The fraction of sp³-hybridized carbons (Fsp3) is 0.357. The number of amides is 1. The van der Waals surface area contributed by atoms with Gasteiger partial charge in [0.2, 0.25) is 0 Å². The van der Waals surface area contributed by atoms with Crippen molar-refractivity contribution in [3.8, 4) is 0 Å². The Morgan fingerprint density at radius 3 is 2.95 bits per heavy atom. The zero-order valence-corrected chi connectivity index (χ0v) is 10.8. The minimum atomic E-state index is -0.0356. The van der Waals surface area contributed by atoms with E-state index in [-0.39, 0.29) is 5.91 Å². The smallest absolute Gasteiger partial charge is 0.274 e. The van der Waals surface area contributed by atoms with Crippen LogP contribution in [0.25, 0.3) is 11.0 Å². The number of benzene rings is 1. The zero-order valence-electron chi connectivity index (χ0n) is 10.8. The van der Waals surface area contributed by atoms with Gasteiger partial charge in [-0.2, -0.15) is 0 Å². The Morgan fingerprint density at radius 1 is 1.37 bits per heavy atom. The van der Waals surface area contributed by atoms with Gasteiger partial charge in [-0.1, -0.05) is 12.1 Å². The van der Waals surface area contributed by atoms with E-state index in [1.54, 1.807) is 6.20 Å². The average Bonchev–Trinajstić information content (AvgIpc) is 2.46. The second kappa shape index (κ2) is 4.93. The van der Waals surface area contributed by atoms with Gasteiger partial charge in [0.1, 0.15) is 5.69 Å². The van der Waals surface area contributed by atoms with Crippen LogP contribution in [0.2, 0.25) is 0 Å². The van der Waals surface area contributed by atoms with Gasteiger partial charge in [0.05, 0.1) is 17.2 Å². The molecule has 0 saturated carbocycles. The van der Waals surface area contributed by atoms with E-state index in [9.17, 15) is 4.79 Å². The summed E-state index contributed by atoms with van der Waals surface area (Å²) in [5.74, 6) is -0.0356. The summed E-state index contributed by atoms with van der Waals surface area (Å²) >= 11 is 0. The molecule has 1 N–H and O–H groups in total. The molecule has 0 aliphatic carbocycles. The van der Waals surface area contributed by atoms with Gasteiger partial charge in [-0.25, -0.2) is 4.98 Å². The van der Waals surface area contributed by atoms with Crippen LogP contribution in [0.3, 0.4) is 0 Å². The maximum absolute atomic E-state index is 12.4. The van der Waals surface area contributed by atoms with E-state index in [1.807, 2.05) is 29.2 Å². The summed E-state index contributed by atoms with van der Waals surface area (Å²) in [5.41, 5.74) is 2.00. The van der Waals surface area contributed by atoms with Crippen LogP contribution in [0.1, 0.15) is 17.4 Å². The fourth-order valence-electron chi connectivity index (χ4n) is 2.34. The Bertz CT molecular complexity index is 613. The van der Waals surface area contributed by atoms with Crippen LogP contribution in [-0.2, 0) is 0 Å². The fourth-order valence-corrected chi connectivity index (χ4v) is 2.34. The predicted molar refractivity (Wildman–Crippen MR) is 72.9 cm³/mol. The first-order valence-electron chi connectivity index (χ1n) is 6.48. The number of rotatable bonds is 1. The first-order chi connectivity index (χ1) is 9.24. The third kappa shape index (κ3) is 2.42. The van der Waals surface area contributed by atoms with E-state index >= 15 is 0 Å². The highest BCUT2D eigenvalue weighted by Crippen LogP contribution is 2.11. The first-order valence-corrected chi connectivity index (χ1v) is 6.48. The molecule has 0 radical (unpaired) electrons. The number of hydrogen-bond acceptors (Lipinski definition) is 4. The zero-order chi connectivity index (χ0) is 13.2. The van der Waals surface area contributed by atoms with Crippen molar-refractivity contribution in [2.75, 3.05) is 19.6 Å². The molecule has 0 spiro atoms. The number of carbonyl (C=O) groups excluding carboxylic acids is 1. The van der Waals surface area contributed by atoms with Crippen LogP contribution in [0.15, 0.2) is 30.5 Å². The summed E-state index contributed by atoms with van der Waals surface area (Å²) in [6.07, 6.45) is 1.57. The molecule has 1 aromatic heterocycles. The van der Waals surface area contributed by atoms with E-state index in [2.05, 4.69) is 22.2 Å². The first kappa shape index (κ1) is 12.0. The number of aromatic nitrogens is 2. The van der Waals surface area contributed by atoms with Crippen molar-refractivity contribution in [3.63, 3.8) is 0 Å². The minimum Gasteiger partial charge on any atom is -0.334 e. The van der Waals surface area contributed by atoms with Gasteiger partial charge >= 0.3 is 0 Å². The van der Waals surface area contributed by atoms with Crippen molar-refractivity contribution < 1.29 is 4.79 Å². The molecule has 5 nitrogen and oxygen atoms in total. The molecule has 1 aliphatic rings. The summed E-state index contributed by atoms with van der Waals surface area (Å²) in [4.78, 5) is 22.9. The summed E-state index contributed by atoms with van der Waals surface area (Å²) in [6.45, 7) is 4.34.